The molecule has 2 aromatic rings. The first-order valence-electron chi connectivity index (χ1n) is 8.48. The number of nitrogens with zero attached hydrogens (tertiary/aromatic N) is 4. The zero-order valence-electron chi connectivity index (χ0n) is 14.3. The predicted molar refractivity (Wildman–Crippen MR) is 100 cm³/mol. The predicted octanol–water partition coefficient (Wildman–Crippen LogP) is 2.45. The van der Waals surface area contributed by atoms with Gasteiger partial charge in [-0.2, -0.15) is 0 Å². The van der Waals surface area contributed by atoms with E-state index in [1.807, 2.05) is 24.3 Å². The third-order valence-electron chi connectivity index (χ3n) is 4.33. The highest BCUT2D eigenvalue weighted by Crippen LogP contribution is 2.17. The van der Waals surface area contributed by atoms with Crippen LogP contribution in [0.25, 0.3) is 0 Å². The Hall–Kier alpha value is -2.18. The molecule has 7 heteroatoms. The first kappa shape index (κ1) is 17.6. The number of amides is 1. The highest BCUT2D eigenvalue weighted by molar-refractivity contribution is 6.29. The van der Waals surface area contributed by atoms with Crippen LogP contribution >= 0.6 is 11.6 Å². The van der Waals surface area contributed by atoms with Crippen LogP contribution in [0.15, 0.2) is 36.7 Å². The summed E-state index contributed by atoms with van der Waals surface area (Å²) < 4.78 is 0. The molecule has 0 unspecified atom stereocenters. The summed E-state index contributed by atoms with van der Waals surface area (Å²) in [5, 5.41) is 3.42. The SMILES string of the molecule is CCc1ccccc1NC(=O)CN1CCN(c2cncc(Cl)n2)CC1. The standard InChI is InChI=1S/C18H22ClN5O/c1-2-14-5-3-4-6-15(14)21-18(25)13-23-7-9-24(10-8-23)17-12-20-11-16(19)22-17/h3-6,11-12H,2,7-10,13H2,1H3,(H,21,25). The Balaban J connectivity index is 1.51. The number of rotatable bonds is 5. The third kappa shape index (κ3) is 4.67. The second kappa shape index (κ2) is 8.27. The van der Waals surface area contributed by atoms with E-state index in [0.717, 1.165) is 49.7 Å². The lowest BCUT2D eigenvalue weighted by molar-refractivity contribution is -0.117. The van der Waals surface area contributed by atoms with E-state index < -0.39 is 0 Å². The van der Waals surface area contributed by atoms with Crippen LogP contribution in [-0.4, -0.2) is 53.5 Å². The molecule has 1 aromatic heterocycles. The number of aromatic nitrogens is 2. The van der Waals surface area contributed by atoms with E-state index in [0.29, 0.717) is 11.7 Å². The Morgan fingerprint density at radius 2 is 1.96 bits per heavy atom. The Morgan fingerprint density at radius 3 is 2.68 bits per heavy atom. The molecule has 0 spiro atoms. The van der Waals surface area contributed by atoms with Gasteiger partial charge in [-0.1, -0.05) is 36.7 Å². The fourth-order valence-electron chi connectivity index (χ4n) is 2.96. The van der Waals surface area contributed by atoms with Crippen LogP contribution in [0.4, 0.5) is 11.5 Å². The minimum absolute atomic E-state index is 0.0249. The van der Waals surface area contributed by atoms with E-state index >= 15 is 0 Å². The van der Waals surface area contributed by atoms with E-state index in [2.05, 4.69) is 32.0 Å². The lowest BCUT2D eigenvalue weighted by atomic mass is 10.1. The number of halogens is 1. The summed E-state index contributed by atoms with van der Waals surface area (Å²) >= 11 is 5.90. The topological polar surface area (TPSA) is 61.4 Å². The molecule has 0 bridgehead atoms. The lowest BCUT2D eigenvalue weighted by Crippen LogP contribution is -2.49. The molecular weight excluding hydrogens is 338 g/mol. The van der Waals surface area contributed by atoms with Gasteiger partial charge in [0.25, 0.3) is 0 Å². The van der Waals surface area contributed by atoms with Crippen molar-refractivity contribution in [2.75, 3.05) is 42.9 Å². The third-order valence-corrected chi connectivity index (χ3v) is 4.51. The zero-order valence-corrected chi connectivity index (χ0v) is 15.0. The van der Waals surface area contributed by atoms with Gasteiger partial charge in [0.2, 0.25) is 5.91 Å². The zero-order chi connectivity index (χ0) is 17.6. The van der Waals surface area contributed by atoms with Crippen LogP contribution in [0.5, 0.6) is 0 Å². The summed E-state index contributed by atoms with van der Waals surface area (Å²) in [5.74, 6) is 0.811. The molecule has 0 aliphatic carbocycles. The first-order valence-corrected chi connectivity index (χ1v) is 8.86. The second-order valence-electron chi connectivity index (χ2n) is 6.02. The van der Waals surface area contributed by atoms with Crippen LogP contribution in [-0.2, 0) is 11.2 Å². The monoisotopic (exact) mass is 359 g/mol. The minimum Gasteiger partial charge on any atom is -0.353 e. The van der Waals surface area contributed by atoms with E-state index in [1.54, 1.807) is 6.20 Å². The number of para-hydroxylation sites is 1. The van der Waals surface area contributed by atoms with Crippen molar-refractivity contribution in [3.8, 4) is 0 Å². The van der Waals surface area contributed by atoms with Crippen molar-refractivity contribution in [1.82, 2.24) is 14.9 Å². The molecule has 3 rings (SSSR count). The first-order chi connectivity index (χ1) is 12.2. The number of carbonyl (C=O) groups is 1. The van der Waals surface area contributed by atoms with Crippen molar-refractivity contribution in [2.45, 2.75) is 13.3 Å². The highest BCUT2D eigenvalue weighted by Gasteiger charge is 2.20. The van der Waals surface area contributed by atoms with Crippen molar-refractivity contribution in [3.63, 3.8) is 0 Å². The van der Waals surface area contributed by atoms with Gasteiger partial charge in [-0.3, -0.25) is 14.7 Å². The molecule has 1 fully saturated rings. The molecule has 1 N–H and O–H groups in total. The Morgan fingerprint density at radius 1 is 1.20 bits per heavy atom. The summed E-state index contributed by atoms with van der Waals surface area (Å²) in [5.41, 5.74) is 2.06. The molecule has 132 valence electrons. The fourth-order valence-corrected chi connectivity index (χ4v) is 3.11. The van der Waals surface area contributed by atoms with Gasteiger partial charge in [0.15, 0.2) is 0 Å². The molecule has 1 aliphatic heterocycles. The van der Waals surface area contributed by atoms with Gasteiger partial charge in [0, 0.05) is 31.9 Å². The summed E-state index contributed by atoms with van der Waals surface area (Å²) in [7, 11) is 0. The van der Waals surface area contributed by atoms with Gasteiger partial charge in [0.05, 0.1) is 18.9 Å². The van der Waals surface area contributed by atoms with Gasteiger partial charge in [-0.15, -0.1) is 0 Å². The number of hydrogen-bond donors (Lipinski definition) is 1. The van der Waals surface area contributed by atoms with Gasteiger partial charge < -0.3 is 10.2 Å². The van der Waals surface area contributed by atoms with Crippen LogP contribution in [0.1, 0.15) is 12.5 Å². The van der Waals surface area contributed by atoms with E-state index in [1.165, 1.54) is 6.20 Å². The maximum absolute atomic E-state index is 12.3. The Labute approximate surface area is 152 Å². The molecule has 1 aromatic carbocycles. The van der Waals surface area contributed by atoms with Crippen LogP contribution in [0.3, 0.4) is 0 Å². The lowest BCUT2D eigenvalue weighted by Gasteiger charge is -2.34. The largest absolute Gasteiger partial charge is 0.353 e. The number of piperazine rings is 1. The molecule has 0 atom stereocenters. The Bertz CT molecular complexity index is 731. The van der Waals surface area contributed by atoms with Crippen LogP contribution in [0, 0.1) is 0 Å². The molecule has 1 saturated heterocycles. The van der Waals surface area contributed by atoms with Crippen molar-refractivity contribution in [3.05, 3.63) is 47.4 Å². The number of anilines is 2. The van der Waals surface area contributed by atoms with Gasteiger partial charge >= 0.3 is 0 Å². The maximum atomic E-state index is 12.3. The number of benzene rings is 1. The van der Waals surface area contributed by atoms with Gasteiger partial charge in [-0.25, -0.2) is 4.98 Å². The van der Waals surface area contributed by atoms with Crippen molar-refractivity contribution >= 4 is 29.0 Å². The van der Waals surface area contributed by atoms with Crippen molar-refractivity contribution in [2.24, 2.45) is 0 Å². The molecule has 25 heavy (non-hydrogen) atoms. The van der Waals surface area contributed by atoms with E-state index in [-0.39, 0.29) is 5.91 Å². The second-order valence-corrected chi connectivity index (χ2v) is 6.41. The Kier molecular flexibility index (Phi) is 5.83. The van der Waals surface area contributed by atoms with E-state index in [9.17, 15) is 4.79 Å². The summed E-state index contributed by atoms with van der Waals surface area (Å²) in [6.07, 6.45) is 4.14. The number of carbonyl (C=O) groups excluding carboxylic acids is 1. The molecule has 0 saturated carbocycles. The highest BCUT2D eigenvalue weighted by atomic mass is 35.5. The minimum atomic E-state index is 0.0249. The summed E-state index contributed by atoms with van der Waals surface area (Å²) in [6.45, 7) is 5.69. The number of hydrogen-bond acceptors (Lipinski definition) is 5. The van der Waals surface area contributed by atoms with Crippen molar-refractivity contribution in [1.29, 1.82) is 0 Å². The quantitative estimate of drug-likeness (QED) is 0.888. The fraction of sp³-hybridized carbons (Fsp3) is 0.389. The normalized spacial score (nSPS) is 15.2. The molecule has 6 nitrogen and oxygen atoms in total. The smallest absolute Gasteiger partial charge is 0.238 e. The average molecular weight is 360 g/mol. The molecule has 0 radical (unpaired) electrons. The number of nitrogens with one attached hydrogen (secondary N) is 1. The molecular formula is C18H22ClN5O. The maximum Gasteiger partial charge on any atom is 0.238 e. The van der Waals surface area contributed by atoms with E-state index in [4.69, 9.17) is 11.6 Å². The van der Waals surface area contributed by atoms with Gasteiger partial charge in [0.1, 0.15) is 11.0 Å². The molecule has 1 amide bonds. The average Bonchev–Trinajstić information content (AvgIpc) is 2.63. The summed E-state index contributed by atoms with van der Waals surface area (Å²) in [4.78, 5) is 25.0. The number of aryl methyl sites for hydroxylation is 1. The summed E-state index contributed by atoms with van der Waals surface area (Å²) in [6, 6.07) is 7.93. The molecule has 1 aliphatic rings. The van der Waals surface area contributed by atoms with Crippen LogP contribution < -0.4 is 10.2 Å². The van der Waals surface area contributed by atoms with Crippen LogP contribution in [0.2, 0.25) is 5.15 Å². The molecule has 2 heterocycles. The van der Waals surface area contributed by atoms with Gasteiger partial charge in [-0.05, 0) is 18.1 Å². The van der Waals surface area contributed by atoms with Crippen molar-refractivity contribution < 1.29 is 4.79 Å².